The molecule has 0 saturated heterocycles. The molecule has 7 heteroatoms. The van der Waals surface area contributed by atoms with Crippen LogP contribution in [0.1, 0.15) is 42.5 Å². The highest BCUT2D eigenvalue weighted by Crippen LogP contribution is 2.36. The molecule has 0 fully saturated rings. The topological polar surface area (TPSA) is 57.0 Å². The summed E-state index contributed by atoms with van der Waals surface area (Å²) in [7, 11) is 0. The van der Waals surface area contributed by atoms with Crippen molar-refractivity contribution in [1.29, 1.82) is 0 Å². The van der Waals surface area contributed by atoms with Crippen molar-refractivity contribution in [3.63, 3.8) is 0 Å². The number of esters is 1. The van der Waals surface area contributed by atoms with Crippen LogP contribution >= 0.6 is 28.4 Å². The van der Waals surface area contributed by atoms with E-state index in [4.69, 9.17) is 4.74 Å². The van der Waals surface area contributed by atoms with Crippen LogP contribution in [0.5, 0.6) is 0 Å². The zero-order valence-corrected chi connectivity index (χ0v) is 22.2. The molecule has 5 nitrogen and oxygen atoms in total. The molecule has 1 unspecified atom stereocenters. The average molecular weight is 581 g/mol. The molecule has 172 valence electrons. The lowest BCUT2D eigenvalue weighted by molar-refractivity contribution is -0.137. The fraction of sp³-hybridized carbons (Fsp3) is 0.148. The first-order chi connectivity index (χ1) is 16.6. The van der Waals surface area contributed by atoms with Crippen LogP contribution in [0.2, 0.25) is 0 Å². The third kappa shape index (κ3) is 5.45. The highest BCUT2D eigenvalue weighted by Gasteiger charge is 2.15. The Labute approximate surface area is 214 Å². The van der Waals surface area contributed by atoms with E-state index in [1.54, 1.807) is 13.0 Å². The summed E-state index contributed by atoms with van der Waals surface area (Å²) in [5.41, 5.74) is 8.70. The highest BCUT2D eigenvalue weighted by atomic mass is 127. The minimum absolute atomic E-state index is 0.335. The molecular formula is C27H25IN3O2P. The molecule has 4 rings (SSSR count). The van der Waals surface area contributed by atoms with E-state index in [9.17, 15) is 4.79 Å². The molecular weight excluding hydrogens is 556 g/mol. The molecule has 4 aromatic rings. The third-order valence-electron chi connectivity index (χ3n) is 5.49. The summed E-state index contributed by atoms with van der Waals surface area (Å²) in [5, 5.41) is 8.67. The highest BCUT2D eigenvalue weighted by molar-refractivity contribution is 14.2. The van der Waals surface area contributed by atoms with Gasteiger partial charge < -0.3 is 4.74 Å². The Balaban J connectivity index is 1.82. The van der Waals surface area contributed by atoms with E-state index < -0.39 is 0 Å². The molecule has 3 aromatic carbocycles. The summed E-state index contributed by atoms with van der Waals surface area (Å²) >= 11 is 2.32. The van der Waals surface area contributed by atoms with E-state index in [-0.39, 0.29) is 5.97 Å². The first-order valence-corrected chi connectivity index (χ1v) is 15.2. The van der Waals surface area contributed by atoms with Crippen molar-refractivity contribution in [3.05, 3.63) is 101 Å². The number of benzene rings is 3. The third-order valence-corrected chi connectivity index (χ3v) is 7.35. The van der Waals surface area contributed by atoms with E-state index in [1.165, 1.54) is 22.8 Å². The number of fused-ring (bicyclic) bond motifs is 1. The number of ether oxygens (including phenoxy) is 1. The number of rotatable bonds is 8. The van der Waals surface area contributed by atoms with Crippen LogP contribution in [0, 0.1) is 0 Å². The van der Waals surface area contributed by atoms with Gasteiger partial charge in [0, 0.05) is 6.08 Å². The molecule has 1 heterocycles. The summed E-state index contributed by atoms with van der Waals surface area (Å²) in [4.78, 5) is 11.7. The quantitative estimate of drug-likeness (QED) is 0.0728. The lowest BCUT2D eigenvalue weighted by atomic mass is 9.88. The van der Waals surface area contributed by atoms with Gasteiger partial charge in [0.15, 0.2) is 0 Å². The summed E-state index contributed by atoms with van der Waals surface area (Å²) < 4.78 is 6.90. The lowest BCUT2D eigenvalue weighted by Crippen LogP contribution is -1.98. The van der Waals surface area contributed by atoms with Crippen molar-refractivity contribution in [1.82, 2.24) is 14.8 Å². The molecule has 0 aliphatic rings. The Morgan fingerprint density at radius 1 is 1.00 bits per heavy atom. The van der Waals surface area contributed by atoms with Gasteiger partial charge in [0.25, 0.3) is 0 Å². The Morgan fingerprint density at radius 2 is 1.74 bits per heavy atom. The molecule has 0 radical (unpaired) electrons. The van der Waals surface area contributed by atoms with Crippen LogP contribution in [0.15, 0.2) is 78.9 Å². The molecule has 0 N–H and O–H groups in total. The second-order valence-corrected chi connectivity index (χ2v) is 9.61. The number of allylic oxidation sites excluding steroid dienone is 1. The largest absolute Gasteiger partial charge is 0.463 e. The number of aromatic nitrogens is 3. The van der Waals surface area contributed by atoms with Crippen molar-refractivity contribution in [2.24, 2.45) is 0 Å². The summed E-state index contributed by atoms with van der Waals surface area (Å²) in [5.74, 6) is -0.335. The molecule has 0 aliphatic heterocycles. The van der Waals surface area contributed by atoms with Crippen molar-refractivity contribution >= 4 is 62.6 Å². The molecule has 0 spiro atoms. The number of hydrogen-bond acceptors (Lipinski definition) is 4. The van der Waals surface area contributed by atoms with Crippen molar-refractivity contribution in [3.8, 4) is 0 Å². The maximum atomic E-state index is 11.7. The summed E-state index contributed by atoms with van der Waals surface area (Å²) in [6.07, 6.45) is 4.62. The van der Waals surface area contributed by atoms with Crippen molar-refractivity contribution in [2.45, 2.75) is 20.3 Å². The van der Waals surface area contributed by atoms with Gasteiger partial charge in [-0.15, -0.1) is 5.10 Å². The number of hydrogen-bond donors (Lipinski definition) is 0. The van der Waals surface area contributed by atoms with E-state index in [1.807, 2.05) is 22.7 Å². The molecule has 0 bridgehead atoms. The molecule has 34 heavy (non-hydrogen) atoms. The minimum atomic E-state index is -0.335. The summed E-state index contributed by atoms with van der Waals surface area (Å²) in [6, 6.07) is 25.1. The molecule has 1 atom stereocenters. The zero-order valence-electron chi connectivity index (χ0n) is 19.0. The normalized spacial score (nSPS) is 12.6. The zero-order chi connectivity index (χ0) is 23.9. The van der Waals surface area contributed by atoms with Gasteiger partial charge in [-0.1, -0.05) is 72.8 Å². The standard InChI is InChI=1S/C27H25IN3O2P/c1-3-23(20-8-6-5-7-9-20)27(22-15-16-25-24(18-22)29-30-31(25)34-28)21-13-10-19(11-14-21)12-17-26(32)33-4-2/h5-18,34H,3-4H2,1-2H3/b17-12+,27-23+. The van der Waals surface area contributed by atoms with Crippen molar-refractivity contribution < 1.29 is 9.53 Å². The number of halogens is 1. The minimum Gasteiger partial charge on any atom is -0.463 e. The van der Waals surface area contributed by atoms with E-state index in [0.29, 0.717) is 13.0 Å². The van der Waals surface area contributed by atoms with Gasteiger partial charge >= 0.3 is 5.97 Å². The van der Waals surface area contributed by atoms with Gasteiger partial charge in [0.1, 0.15) is 5.52 Å². The predicted molar refractivity (Wildman–Crippen MR) is 150 cm³/mol. The van der Waals surface area contributed by atoms with Crippen molar-refractivity contribution in [2.75, 3.05) is 6.61 Å². The number of carbonyl (C=O) groups excluding carboxylic acids is 1. The Bertz CT molecular complexity index is 1350. The molecule has 0 amide bonds. The summed E-state index contributed by atoms with van der Waals surface area (Å²) in [6.45, 7) is 4.35. The maximum Gasteiger partial charge on any atom is 0.330 e. The van der Waals surface area contributed by atoms with Crippen LogP contribution in [-0.4, -0.2) is 27.3 Å². The van der Waals surface area contributed by atoms with E-state index in [2.05, 4.69) is 93.9 Å². The first-order valence-electron chi connectivity index (χ1n) is 11.1. The SMILES string of the molecule is CCOC(=O)/C=C/c1ccc(/C(=C(/CC)c2ccccc2)c2ccc3c(c2)nnn3PI)cc1. The van der Waals surface area contributed by atoms with Crippen LogP contribution < -0.4 is 0 Å². The van der Waals surface area contributed by atoms with Crippen LogP contribution in [-0.2, 0) is 9.53 Å². The predicted octanol–water partition coefficient (Wildman–Crippen LogP) is 7.17. The Kier molecular flexibility index (Phi) is 8.25. The average Bonchev–Trinajstić information content (AvgIpc) is 3.29. The Morgan fingerprint density at radius 3 is 2.41 bits per heavy atom. The fourth-order valence-corrected chi connectivity index (χ4v) is 5.36. The fourth-order valence-electron chi connectivity index (χ4n) is 3.94. The second kappa shape index (κ2) is 11.5. The smallest absolute Gasteiger partial charge is 0.330 e. The van der Waals surface area contributed by atoms with Gasteiger partial charge in [0.05, 0.1) is 18.5 Å². The number of carbonyl (C=O) groups is 1. The van der Waals surface area contributed by atoms with Gasteiger partial charge in [0.2, 0.25) is 0 Å². The van der Waals surface area contributed by atoms with Gasteiger partial charge in [-0.25, -0.2) is 9.25 Å². The van der Waals surface area contributed by atoms with E-state index >= 15 is 0 Å². The molecule has 0 saturated carbocycles. The van der Waals surface area contributed by atoms with Gasteiger partial charge in [-0.2, -0.15) is 0 Å². The van der Waals surface area contributed by atoms with Crippen LogP contribution in [0.4, 0.5) is 0 Å². The van der Waals surface area contributed by atoms with Gasteiger partial charge in [-0.05, 0) is 87.0 Å². The van der Waals surface area contributed by atoms with E-state index in [0.717, 1.165) is 34.1 Å². The second-order valence-electron chi connectivity index (χ2n) is 7.57. The monoisotopic (exact) mass is 581 g/mol. The van der Waals surface area contributed by atoms with Crippen LogP contribution in [0.25, 0.3) is 28.3 Å². The van der Waals surface area contributed by atoms with Crippen LogP contribution in [0.3, 0.4) is 0 Å². The first kappa shape index (κ1) is 24.3. The van der Waals surface area contributed by atoms with Gasteiger partial charge in [-0.3, -0.25) is 0 Å². The Hall–Kier alpha value is -2.83. The maximum absolute atomic E-state index is 11.7. The lowest BCUT2D eigenvalue weighted by Gasteiger charge is -2.16. The number of nitrogens with zero attached hydrogens (tertiary/aromatic N) is 3. The molecule has 1 aromatic heterocycles. The molecule has 0 aliphatic carbocycles.